The molecule has 3 aromatic heterocycles. The number of carbonyl (C=O) groups is 1. The summed E-state index contributed by atoms with van der Waals surface area (Å²) in [6.45, 7) is 2.79. The normalized spacial score (nSPS) is 12.9. The zero-order chi connectivity index (χ0) is 24.5. The fraction of sp³-hybridized carbons (Fsp3) is 0.231. The minimum Gasteiger partial charge on any atom is -0.492 e. The van der Waals surface area contributed by atoms with E-state index in [2.05, 4.69) is 9.97 Å². The second kappa shape index (κ2) is 9.17. The Morgan fingerprint density at radius 2 is 1.94 bits per heavy atom. The van der Waals surface area contributed by atoms with Crippen LogP contribution in [0.25, 0.3) is 10.9 Å². The number of hydrogen-bond acceptors (Lipinski definition) is 6. The monoisotopic (exact) mass is 474 g/mol. The van der Waals surface area contributed by atoms with Gasteiger partial charge < -0.3 is 14.5 Å². The van der Waals surface area contributed by atoms with Gasteiger partial charge in [-0.25, -0.2) is 4.98 Å². The van der Waals surface area contributed by atoms with Gasteiger partial charge in [0.15, 0.2) is 5.82 Å². The molecule has 1 aliphatic rings. The van der Waals surface area contributed by atoms with E-state index in [0.29, 0.717) is 42.5 Å². The SMILES string of the molecule is CCN1c2ncc(CCOc3cc[n+](OC)c4ccccc34)cc2C(=O)N(C)c2ccc(F)nc21. The first-order valence-corrected chi connectivity index (χ1v) is 11.3. The van der Waals surface area contributed by atoms with Crippen LogP contribution in [0, 0.1) is 5.95 Å². The van der Waals surface area contributed by atoms with Gasteiger partial charge >= 0.3 is 0 Å². The van der Waals surface area contributed by atoms with Crippen LogP contribution in [0.5, 0.6) is 5.75 Å². The Morgan fingerprint density at radius 1 is 1.11 bits per heavy atom. The maximum absolute atomic E-state index is 13.9. The number of nitrogens with zero attached hydrogens (tertiary/aromatic N) is 5. The van der Waals surface area contributed by atoms with E-state index in [0.717, 1.165) is 22.2 Å². The summed E-state index contributed by atoms with van der Waals surface area (Å²) in [5, 5.41) is 0.935. The first kappa shape index (κ1) is 22.5. The fourth-order valence-corrected chi connectivity index (χ4v) is 4.32. The van der Waals surface area contributed by atoms with Crippen LogP contribution in [0.15, 0.2) is 60.9 Å². The number of carbonyl (C=O) groups excluding carboxylic acids is 1. The standard InChI is InChI=1S/C26H25FN5O3/c1-4-31-24-19(26(33)30(2)21-9-10-23(27)29-25(21)31)15-17(16-28-24)12-14-35-22-11-13-32(34-3)20-8-6-5-7-18(20)22/h5-11,13,15-16H,4,12,14H2,1-3H3/q+1. The van der Waals surface area contributed by atoms with Gasteiger partial charge in [-0.3, -0.25) is 9.63 Å². The molecule has 0 saturated heterocycles. The van der Waals surface area contributed by atoms with E-state index in [9.17, 15) is 9.18 Å². The average Bonchev–Trinajstić information content (AvgIpc) is 2.96. The van der Waals surface area contributed by atoms with Crippen molar-refractivity contribution in [3.8, 4) is 5.75 Å². The molecule has 4 heterocycles. The van der Waals surface area contributed by atoms with Crippen molar-refractivity contribution in [2.75, 3.05) is 37.1 Å². The number of rotatable bonds is 6. The molecule has 0 saturated carbocycles. The molecule has 0 fully saturated rings. The maximum atomic E-state index is 13.9. The summed E-state index contributed by atoms with van der Waals surface area (Å²) in [4.78, 5) is 30.5. The molecule has 35 heavy (non-hydrogen) atoms. The summed E-state index contributed by atoms with van der Waals surface area (Å²) in [6.07, 6.45) is 4.09. The van der Waals surface area contributed by atoms with E-state index in [1.807, 2.05) is 49.5 Å². The molecule has 1 aliphatic heterocycles. The number of benzene rings is 1. The van der Waals surface area contributed by atoms with Crippen LogP contribution in [-0.2, 0) is 6.42 Å². The van der Waals surface area contributed by atoms with Gasteiger partial charge in [0.1, 0.15) is 18.7 Å². The number of ether oxygens (including phenoxy) is 1. The zero-order valence-corrected chi connectivity index (χ0v) is 19.7. The molecule has 8 nitrogen and oxygen atoms in total. The molecule has 0 unspecified atom stereocenters. The van der Waals surface area contributed by atoms with E-state index in [-0.39, 0.29) is 5.91 Å². The van der Waals surface area contributed by atoms with Gasteiger partial charge in [0.05, 0.1) is 23.2 Å². The molecule has 5 rings (SSSR count). The summed E-state index contributed by atoms with van der Waals surface area (Å²) >= 11 is 0. The van der Waals surface area contributed by atoms with Gasteiger partial charge in [-0.15, -0.1) is 0 Å². The van der Waals surface area contributed by atoms with E-state index in [1.165, 1.54) is 11.0 Å². The minimum absolute atomic E-state index is 0.223. The third kappa shape index (κ3) is 3.99. The first-order valence-electron chi connectivity index (χ1n) is 11.3. The highest BCUT2D eigenvalue weighted by Crippen LogP contribution is 2.37. The number of hydrogen-bond donors (Lipinski definition) is 0. The summed E-state index contributed by atoms with van der Waals surface area (Å²) in [7, 11) is 3.27. The van der Waals surface area contributed by atoms with Gasteiger partial charge in [-0.1, -0.05) is 12.1 Å². The Bertz CT molecular complexity index is 1430. The highest BCUT2D eigenvalue weighted by Gasteiger charge is 2.31. The summed E-state index contributed by atoms with van der Waals surface area (Å²) in [6, 6.07) is 14.3. The Hall–Kier alpha value is -4.27. The van der Waals surface area contributed by atoms with E-state index in [1.54, 1.807) is 36.1 Å². The van der Waals surface area contributed by atoms with Crippen LogP contribution in [0.3, 0.4) is 0 Å². The molecule has 0 radical (unpaired) electrons. The Kier molecular flexibility index (Phi) is 5.90. The smallest absolute Gasteiger partial charge is 0.268 e. The zero-order valence-electron chi connectivity index (χ0n) is 19.7. The van der Waals surface area contributed by atoms with Crippen molar-refractivity contribution in [1.82, 2.24) is 9.97 Å². The van der Waals surface area contributed by atoms with E-state index >= 15 is 0 Å². The third-order valence-electron chi connectivity index (χ3n) is 6.08. The lowest BCUT2D eigenvalue weighted by atomic mass is 10.1. The minimum atomic E-state index is -0.607. The van der Waals surface area contributed by atoms with Crippen LogP contribution in [-0.4, -0.2) is 43.2 Å². The fourth-order valence-electron chi connectivity index (χ4n) is 4.32. The van der Waals surface area contributed by atoms with Gasteiger partial charge in [-0.05, 0) is 36.8 Å². The van der Waals surface area contributed by atoms with Crippen molar-refractivity contribution >= 4 is 34.1 Å². The largest absolute Gasteiger partial charge is 0.492 e. The predicted octanol–water partition coefficient (Wildman–Crippen LogP) is 3.48. The number of fused-ring (bicyclic) bond motifs is 3. The molecular weight excluding hydrogens is 449 g/mol. The average molecular weight is 475 g/mol. The second-order valence-corrected chi connectivity index (χ2v) is 8.10. The lowest BCUT2D eigenvalue weighted by Crippen LogP contribution is -2.40. The number of halogens is 1. The maximum Gasteiger partial charge on any atom is 0.268 e. The van der Waals surface area contributed by atoms with E-state index < -0.39 is 5.95 Å². The number of amides is 1. The summed E-state index contributed by atoms with van der Waals surface area (Å²) < 4.78 is 21.7. The topological polar surface area (TPSA) is 71.7 Å². The van der Waals surface area contributed by atoms with Crippen molar-refractivity contribution < 1.29 is 23.5 Å². The van der Waals surface area contributed by atoms with Crippen LogP contribution in [0.1, 0.15) is 22.8 Å². The summed E-state index contributed by atoms with van der Waals surface area (Å²) in [5.41, 5.74) is 2.73. The molecule has 0 aliphatic carbocycles. The van der Waals surface area contributed by atoms with Crippen molar-refractivity contribution in [3.63, 3.8) is 0 Å². The number of anilines is 3. The van der Waals surface area contributed by atoms with Gasteiger partial charge in [-0.2, -0.15) is 9.37 Å². The van der Waals surface area contributed by atoms with Crippen LogP contribution in [0.2, 0.25) is 0 Å². The summed E-state index contributed by atoms with van der Waals surface area (Å²) in [5.74, 6) is 0.746. The Morgan fingerprint density at radius 3 is 2.74 bits per heavy atom. The Balaban J connectivity index is 1.41. The predicted molar refractivity (Wildman–Crippen MR) is 130 cm³/mol. The van der Waals surface area contributed by atoms with Crippen LogP contribution in [0.4, 0.5) is 21.7 Å². The van der Waals surface area contributed by atoms with Gasteiger partial charge in [0.25, 0.3) is 11.4 Å². The van der Waals surface area contributed by atoms with Crippen molar-refractivity contribution in [2.24, 2.45) is 0 Å². The molecule has 9 heteroatoms. The molecule has 1 amide bonds. The molecule has 0 N–H and O–H groups in total. The van der Waals surface area contributed by atoms with E-state index in [4.69, 9.17) is 9.57 Å². The lowest BCUT2D eigenvalue weighted by molar-refractivity contribution is -0.865. The van der Waals surface area contributed by atoms with Gasteiger partial charge in [0, 0.05) is 43.1 Å². The number of para-hydroxylation sites is 1. The first-order chi connectivity index (χ1) is 17.0. The molecule has 178 valence electrons. The van der Waals surface area contributed by atoms with Crippen molar-refractivity contribution in [2.45, 2.75) is 13.3 Å². The van der Waals surface area contributed by atoms with Gasteiger partial charge in [0.2, 0.25) is 12.1 Å². The highest BCUT2D eigenvalue weighted by atomic mass is 19.1. The van der Waals surface area contributed by atoms with Crippen molar-refractivity contribution in [3.05, 3.63) is 78.0 Å². The second-order valence-electron chi connectivity index (χ2n) is 8.10. The lowest BCUT2D eigenvalue weighted by Gasteiger charge is -2.22. The number of pyridine rings is 3. The Labute approximate surface area is 202 Å². The molecule has 4 aromatic rings. The third-order valence-corrected chi connectivity index (χ3v) is 6.08. The molecule has 0 bridgehead atoms. The van der Waals surface area contributed by atoms with Crippen LogP contribution >= 0.6 is 0 Å². The quantitative estimate of drug-likeness (QED) is 0.315. The molecule has 0 spiro atoms. The molecule has 1 aromatic carbocycles. The molecular formula is C26H25FN5O3+. The highest BCUT2D eigenvalue weighted by molar-refractivity contribution is 6.12. The van der Waals surface area contributed by atoms with Crippen LogP contribution < -0.4 is 24.1 Å². The molecule has 0 atom stereocenters. The van der Waals surface area contributed by atoms with Crippen molar-refractivity contribution in [1.29, 1.82) is 0 Å². The number of aromatic nitrogens is 3.